The van der Waals surface area contributed by atoms with E-state index in [0.717, 1.165) is 17.5 Å². The van der Waals surface area contributed by atoms with E-state index in [1.54, 1.807) is 25.1 Å². The van der Waals surface area contributed by atoms with Gasteiger partial charge in [0.15, 0.2) is 17.5 Å². The summed E-state index contributed by atoms with van der Waals surface area (Å²) < 4.78 is 36.0. The van der Waals surface area contributed by atoms with Crippen molar-refractivity contribution >= 4 is 29.9 Å². The molecule has 0 saturated heterocycles. The van der Waals surface area contributed by atoms with Gasteiger partial charge in [-0.1, -0.05) is 36.4 Å². The van der Waals surface area contributed by atoms with Crippen molar-refractivity contribution in [2.45, 2.75) is 45.4 Å². The van der Waals surface area contributed by atoms with Crippen LogP contribution in [0, 0.1) is 0 Å². The summed E-state index contributed by atoms with van der Waals surface area (Å²) in [6.45, 7) is 2.07. The lowest BCUT2D eigenvalue weighted by atomic mass is 9.96. The minimum absolute atomic E-state index is 0. The summed E-state index contributed by atoms with van der Waals surface area (Å²) in [6, 6.07) is 12.8. The van der Waals surface area contributed by atoms with E-state index in [0.29, 0.717) is 31.1 Å². The van der Waals surface area contributed by atoms with Gasteiger partial charge in [-0.2, -0.15) is 8.78 Å². The predicted octanol–water partition coefficient (Wildman–Crippen LogP) is 4.19. The van der Waals surface area contributed by atoms with E-state index in [2.05, 4.69) is 15.6 Å². The van der Waals surface area contributed by atoms with E-state index < -0.39 is 12.2 Å². The molecule has 9 heteroatoms. The molecule has 1 aliphatic rings. The maximum Gasteiger partial charge on any atom is 0.387 e. The molecular weight excluding hydrogens is 531 g/mol. The van der Waals surface area contributed by atoms with E-state index in [1.165, 1.54) is 0 Å². The van der Waals surface area contributed by atoms with E-state index in [9.17, 15) is 13.9 Å². The summed E-state index contributed by atoms with van der Waals surface area (Å²) in [7, 11) is 0. The third-order valence-corrected chi connectivity index (χ3v) is 5.19. The standard InChI is InChI=1S/C23H29F2N3O3.HI/c1-3-26-22(28-15-23(29)13-12-16-8-5-6-10-18(16)23)27-14-17-9-7-11-19(30-4-2)20(17)31-21(24)25;/h5-11,21,29H,3-4,12-15H2,1-2H3,(H2,26,27,28);1H. The average Bonchev–Trinajstić information content (AvgIpc) is 3.09. The van der Waals surface area contributed by atoms with Gasteiger partial charge in [-0.3, -0.25) is 0 Å². The third-order valence-electron chi connectivity index (χ3n) is 5.19. The zero-order valence-corrected chi connectivity index (χ0v) is 20.6. The normalized spacial score (nSPS) is 17.5. The highest BCUT2D eigenvalue weighted by Crippen LogP contribution is 2.36. The number of rotatable bonds is 9. The highest BCUT2D eigenvalue weighted by Gasteiger charge is 2.36. The molecule has 32 heavy (non-hydrogen) atoms. The number of aliphatic imine (C=N–C) groups is 1. The Morgan fingerprint density at radius 3 is 2.66 bits per heavy atom. The number of aliphatic hydroxyl groups is 1. The molecule has 176 valence electrons. The zero-order valence-electron chi connectivity index (χ0n) is 18.2. The molecule has 0 amide bonds. The Kier molecular flexibility index (Phi) is 9.95. The van der Waals surface area contributed by atoms with E-state index >= 15 is 0 Å². The van der Waals surface area contributed by atoms with E-state index in [4.69, 9.17) is 9.47 Å². The van der Waals surface area contributed by atoms with Crippen molar-refractivity contribution in [1.29, 1.82) is 0 Å². The van der Waals surface area contributed by atoms with Crippen LogP contribution in [-0.4, -0.2) is 37.4 Å². The molecule has 6 nitrogen and oxygen atoms in total. The van der Waals surface area contributed by atoms with Crippen molar-refractivity contribution in [1.82, 2.24) is 10.6 Å². The number of aryl methyl sites for hydroxylation is 1. The van der Waals surface area contributed by atoms with Gasteiger partial charge in [-0.15, -0.1) is 24.0 Å². The lowest BCUT2D eigenvalue weighted by Gasteiger charge is -2.25. The fraction of sp³-hybridized carbons (Fsp3) is 0.435. The highest BCUT2D eigenvalue weighted by atomic mass is 127. The second-order valence-corrected chi connectivity index (χ2v) is 7.29. The van der Waals surface area contributed by atoms with Crippen LogP contribution in [-0.2, 0) is 18.6 Å². The quantitative estimate of drug-likeness (QED) is 0.243. The number of para-hydroxylation sites is 1. The summed E-state index contributed by atoms with van der Waals surface area (Å²) in [6.07, 6.45) is 1.45. The Morgan fingerprint density at radius 2 is 1.94 bits per heavy atom. The van der Waals surface area contributed by atoms with Crippen LogP contribution in [0.5, 0.6) is 11.5 Å². The first-order valence-electron chi connectivity index (χ1n) is 10.5. The molecule has 0 aromatic heterocycles. The Morgan fingerprint density at radius 1 is 1.16 bits per heavy atom. The Bertz CT molecular complexity index is 914. The number of halogens is 3. The van der Waals surface area contributed by atoms with Crippen LogP contribution in [0.15, 0.2) is 47.5 Å². The van der Waals surface area contributed by atoms with Gasteiger partial charge < -0.3 is 25.2 Å². The van der Waals surface area contributed by atoms with Gasteiger partial charge in [0.05, 0.1) is 19.7 Å². The van der Waals surface area contributed by atoms with Crippen LogP contribution in [0.1, 0.15) is 37.0 Å². The topological polar surface area (TPSA) is 75.1 Å². The summed E-state index contributed by atoms with van der Waals surface area (Å²) in [5.74, 6) is 0.720. The van der Waals surface area contributed by atoms with Crippen LogP contribution >= 0.6 is 24.0 Å². The minimum atomic E-state index is -2.97. The van der Waals surface area contributed by atoms with Crippen LogP contribution in [0.25, 0.3) is 0 Å². The zero-order chi connectivity index (χ0) is 22.3. The Labute approximate surface area is 204 Å². The van der Waals surface area contributed by atoms with Crippen molar-refractivity contribution in [3.05, 3.63) is 59.2 Å². The molecule has 1 aliphatic carbocycles. The molecule has 0 saturated carbocycles. The Balaban J connectivity index is 0.00000363. The number of nitrogens with zero attached hydrogens (tertiary/aromatic N) is 1. The number of benzene rings is 2. The molecule has 0 fully saturated rings. The molecule has 0 heterocycles. The number of nitrogens with one attached hydrogen (secondary N) is 2. The fourth-order valence-corrected chi connectivity index (χ4v) is 3.77. The highest BCUT2D eigenvalue weighted by molar-refractivity contribution is 14.0. The van der Waals surface area contributed by atoms with Gasteiger partial charge in [0, 0.05) is 12.1 Å². The number of ether oxygens (including phenoxy) is 2. The molecule has 3 N–H and O–H groups in total. The van der Waals surface area contributed by atoms with E-state index in [-0.39, 0.29) is 48.6 Å². The summed E-state index contributed by atoms with van der Waals surface area (Å²) >= 11 is 0. The molecule has 3 rings (SSSR count). The summed E-state index contributed by atoms with van der Waals surface area (Å²) in [5, 5.41) is 17.4. The van der Waals surface area contributed by atoms with Crippen molar-refractivity contribution in [2.75, 3.05) is 19.7 Å². The van der Waals surface area contributed by atoms with Crippen molar-refractivity contribution < 1.29 is 23.4 Å². The fourth-order valence-electron chi connectivity index (χ4n) is 3.77. The third kappa shape index (κ3) is 6.44. The van der Waals surface area contributed by atoms with Crippen LogP contribution < -0.4 is 20.1 Å². The molecule has 1 unspecified atom stereocenters. The predicted molar refractivity (Wildman–Crippen MR) is 131 cm³/mol. The molecule has 1 atom stereocenters. The van der Waals surface area contributed by atoms with Gasteiger partial charge >= 0.3 is 6.61 Å². The van der Waals surface area contributed by atoms with Crippen LogP contribution in [0.4, 0.5) is 8.78 Å². The number of hydrogen-bond donors (Lipinski definition) is 3. The number of fused-ring (bicyclic) bond motifs is 1. The second kappa shape index (κ2) is 12.2. The van der Waals surface area contributed by atoms with Gasteiger partial charge in [0.1, 0.15) is 5.60 Å². The first kappa shape index (κ1) is 26.1. The molecule has 0 aliphatic heterocycles. The van der Waals surface area contributed by atoms with Gasteiger partial charge in [0.25, 0.3) is 0 Å². The summed E-state index contributed by atoms with van der Waals surface area (Å²) in [5.41, 5.74) is 1.57. The first-order valence-corrected chi connectivity index (χ1v) is 10.5. The van der Waals surface area contributed by atoms with Gasteiger partial charge in [-0.05, 0) is 43.9 Å². The first-order chi connectivity index (χ1) is 15.0. The maximum absolute atomic E-state index is 12.9. The molecule has 0 radical (unpaired) electrons. The van der Waals surface area contributed by atoms with Gasteiger partial charge in [-0.25, -0.2) is 4.99 Å². The van der Waals surface area contributed by atoms with Crippen molar-refractivity contribution in [3.63, 3.8) is 0 Å². The van der Waals surface area contributed by atoms with Gasteiger partial charge in [0.2, 0.25) is 0 Å². The molecule has 0 spiro atoms. The summed E-state index contributed by atoms with van der Waals surface area (Å²) in [4.78, 5) is 4.50. The van der Waals surface area contributed by atoms with Crippen molar-refractivity contribution in [2.24, 2.45) is 4.99 Å². The van der Waals surface area contributed by atoms with Crippen LogP contribution in [0.3, 0.4) is 0 Å². The molecule has 2 aromatic carbocycles. The number of alkyl halides is 2. The SMILES string of the molecule is CCNC(=NCc1cccc(OCC)c1OC(F)F)NCC1(O)CCc2ccccc21.I. The molecule has 2 aromatic rings. The lowest BCUT2D eigenvalue weighted by molar-refractivity contribution is -0.0520. The molecule has 0 bridgehead atoms. The Hall–Kier alpha value is -2.14. The largest absolute Gasteiger partial charge is 0.490 e. The smallest absolute Gasteiger partial charge is 0.387 e. The lowest BCUT2D eigenvalue weighted by Crippen LogP contribution is -2.45. The second-order valence-electron chi connectivity index (χ2n) is 7.29. The minimum Gasteiger partial charge on any atom is -0.490 e. The average molecular weight is 561 g/mol. The number of guanidine groups is 1. The monoisotopic (exact) mass is 561 g/mol. The number of hydrogen-bond acceptors (Lipinski definition) is 4. The van der Waals surface area contributed by atoms with Crippen molar-refractivity contribution in [3.8, 4) is 11.5 Å². The maximum atomic E-state index is 12.9. The molecular formula is C23H30F2IN3O3. The van der Waals surface area contributed by atoms with E-state index in [1.807, 2.05) is 31.2 Å². The van der Waals surface area contributed by atoms with Crippen LogP contribution in [0.2, 0.25) is 0 Å².